The molecular weight excluding hydrogens is 707 g/mol. The molecule has 0 radical (unpaired) electrons. The number of nitrogens with one attached hydrogen (secondary N) is 4. The van der Waals surface area contributed by atoms with Gasteiger partial charge in [0.25, 0.3) is 5.91 Å². The minimum atomic E-state index is -3.59. The van der Waals surface area contributed by atoms with Crippen LogP contribution in [0.4, 0.5) is 4.79 Å². The number of likely N-dealkylation sites (tertiary alicyclic amines) is 1. The number of fused-ring (bicyclic) bond motifs is 1. The normalized spacial score (nSPS) is 26.8. The van der Waals surface area contributed by atoms with Crippen LogP contribution in [0.2, 0.25) is 0 Å². The van der Waals surface area contributed by atoms with Gasteiger partial charge in [-0.3, -0.25) is 19.2 Å². The average Bonchev–Trinajstić information content (AvgIpc) is 3.40. The maximum atomic E-state index is 15.0. The molecule has 0 aromatic carbocycles. The van der Waals surface area contributed by atoms with Gasteiger partial charge in [-0.15, -0.1) is 6.42 Å². The number of Topliss-reactive ketones (excluding diaryl/α,β-unsaturated/α-hetero) is 1. The number of urea groups is 1. The van der Waals surface area contributed by atoms with Gasteiger partial charge in [0.15, 0.2) is 9.84 Å². The Labute approximate surface area is 323 Å². The van der Waals surface area contributed by atoms with E-state index >= 15 is 0 Å². The van der Waals surface area contributed by atoms with Gasteiger partial charge < -0.3 is 26.2 Å². The number of piperidine rings is 1. The number of carbonyl (C=O) groups is 5. The first-order valence-corrected chi connectivity index (χ1v) is 22.1. The number of ketones is 1. The summed E-state index contributed by atoms with van der Waals surface area (Å²) in [6, 6.07) is -3.45. The van der Waals surface area contributed by atoms with E-state index in [1.54, 1.807) is 18.7 Å². The third kappa shape index (κ3) is 8.63. The number of rotatable bonds is 15. The molecule has 0 bridgehead atoms. The predicted octanol–water partition coefficient (Wildman–Crippen LogP) is 4.41. The second-order valence-corrected chi connectivity index (χ2v) is 21.3. The predicted molar refractivity (Wildman–Crippen MR) is 208 cm³/mol. The van der Waals surface area contributed by atoms with Crippen molar-refractivity contribution in [2.24, 2.45) is 28.6 Å². The second kappa shape index (κ2) is 16.1. The summed E-state index contributed by atoms with van der Waals surface area (Å²) >= 11 is 0. The Balaban J connectivity index is 1.40. The summed E-state index contributed by atoms with van der Waals surface area (Å²) in [5, 5.41) is 11.5. The van der Waals surface area contributed by atoms with E-state index in [2.05, 4.69) is 41.0 Å². The number of hydrogen-bond donors (Lipinski definition) is 4. The van der Waals surface area contributed by atoms with Crippen LogP contribution in [0.25, 0.3) is 0 Å². The van der Waals surface area contributed by atoms with E-state index in [-0.39, 0.29) is 41.4 Å². The summed E-state index contributed by atoms with van der Waals surface area (Å²) in [5.41, 5.74) is -1.76. The molecule has 5 atom stereocenters. The highest BCUT2D eigenvalue weighted by Crippen LogP contribution is 2.65. The Hall–Kier alpha value is -3.14. The zero-order valence-corrected chi connectivity index (χ0v) is 34.3. The zero-order chi connectivity index (χ0) is 39.7. The van der Waals surface area contributed by atoms with Gasteiger partial charge in [0.05, 0.1) is 28.6 Å². The topological polar surface area (TPSA) is 171 Å². The van der Waals surface area contributed by atoms with Crippen molar-refractivity contribution >= 4 is 39.4 Å². The molecule has 54 heavy (non-hydrogen) atoms. The Kier molecular flexibility index (Phi) is 12.6. The van der Waals surface area contributed by atoms with Crippen molar-refractivity contribution in [2.45, 2.75) is 166 Å². The summed E-state index contributed by atoms with van der Waals surface area (Å²) in [4.78, 5) is 71.3. The summed E-state index contributed by atoms with van der Waals surface area (Å²) < 4.78 is 26.4. The second-order valence-electron chi connectivity index (χ2n) is 18.7. The van der Waals surface area contributed by atoms with Gasteiger partial charge in [0, 0.05) is 6.54 Å². The molecule has 0 aromatic rings. The van der Waals surface area contributed by atoms with Crippen LogP contribution in [0.15, 0.2) is 0 Å². The highest BCUT2D eigenvalue weighted by molar-refractivity contribution is 7.92. The number of carbonyl (C=O) groups excluding carboxylic acids is 5. The first-order valence-electron chi connectivity index (χ1n) is 20.5. The number of hydrogen-bond acceptors (Lipinski definition) is 7. The maximum Gasteiger partial charge on any atom is 0.315 e. The number of nitrogens with zero attached hydrogens (tertiary/aromatic N) is 1. The summed E-state index contributed by atoms with van der Waals surface area (Å²) in [6.45, 7) is 11.7. The molecule has 2 unspecified atom stereocenters. The number of sulfone groups is 1. The molecule has 0 aromatic heterocycles. The summed E-state index contributed by atoms with van der Waals surface area (Å²) in [5.74, 6) is -0.157. The molecule has 4 N–H and O–H groups in total. The highest BCUT2D eigenvalue weighted by atomic mass is 32.2. The molecule has 5 fully saturated rings. The van der Waals surface area contributed by atoms with Crippen LogP contribution in [-0.2, 0) is 29.0 Å². The van der Waals surface area contributed by atoms with E-state index in [1.807, 2.05) is 13.8 Å². The van der Waals surface area contributed by atoms with Crippen molar-refractivity contribution in [3.05, 3.63) is 0 Å². The van der Waals surface area contributed by atoms with Gasteiger partial charge in [-0.25, -0.2) is 13.2 Å². The van der Waals surface area contributed by atoms with Crippen LogP contribution < -0.4 is 21.3 Å². The molecule has 1 saturated heterocycles. The van der Waals surface area contributed by atoms with Crippen molar-refractivity contribution in [2.75, 3.05) is 18.8 Å². The highest BCUT2D eigenvalue weighted by Gasteiger charge is 2.70. The third-order valence-corrected chi connectivity index (χ3v) is 17.2. The molecule has 0 spiro atoms. The standard InChI is InChI=1S/C41H65N5O7S/c1-8-23-42-35(49)32(47)29(24-27-17-16-18-27)43-34(48)31-30-28(39(30,5)6)25-46(31)36(50)33(40(7)19-12-10-13-20-40)44-37(51)45-41(21-14-11-15-22-41)26-54(52,53)38(3,4)9-2/h1,27-31,33H,9-26H2,2-7H3,(H,42,49)(H,43,48)(H2,44,45,51)/t28-,29?,30?,31-,33+/m0/s1. The smallest absolute Gasteiger partial charge is 0.315 e. The Bertz CT molecular complexity index is 1600. The summed E-state index contributed by atoms with van der Waals surface area (Å²) in [6.07, 6.45) is 16.8. The molecule has 4 aliphatic carbocycles. The van der Waals surface area contributed by atoms with Gasteiger partial charge in [-0.1, -0.05) is 91.4 Å². The van der Waals surface area contributed by atoms with Crippen LogP contribution in [0.1, 0.15) is 138 Å². The molecule has 5 rings (SSSR count). The Morgan fingerprint density at radius 3 is 2.07 bits per heavy atom. The first-order chi connectivity index (χ1) is 25.3. The Morgan fingerprint density at radius 1 is 0.907 bits per heavy atom. The minimum absolute atomic E-state index is 0.0585. The molecule has 12 nitrogen and oxygen atoms in total. The lowest BCUT2D eigenvalue weighted by Gasteiger charge is -2.44. The fourth-order valence-electron chi connectivity index (χ4n) is 9.81. The fraction of sp³-hybridized carbons (Fsp3) is 0.829. The van der Waals surface area contributed by atoms with Crippen molar-refractivity contribution in [1.29, 1.82) is 0 Å². The van der Waals surface area contributed by atoms with Crippen molar-refractivity contribution < 1.29 is 32.4 Å². The quantitative estimate of drug-likeness (QED) is 0.141. The number of terminal acetylenes is 1. The van der Waals surface area contributed by atoms with Gasteiger partial charge in [-0.05, 0) is 81.0 Å². The SMILES string of the molecule is C#CCNC(=O)C(=O)C(CC1CCC1)NC(=O)[C@@H]1C2[C@H](CN1C(=O)[C@@H](NC(=O)NC1(CS(=O)(=O)C(C)(C)CC)CCCCC1)C1(C)CCCCC1)C2(C)C. The summed E-state index contributed by atoms with van der Waals surface area (Å²) in [7, 11) is -3.59. The van der Waals surface area contributed by atoms with Crippen LogP contribution in [0.3, 0.4) is 0 Å². The van der Waals surface area contributed by atoms with E-state index < -0.39 is 67.3 Å². The van der Waals surface area contributed by atoms with Crippen molar-refractivity contribution in [1.82, 2.24) is 26.2 Å². The molecule has 1 aliphatic heterocycles. The lowest BCUT2D eigenvalue weighted by molar-refractivity contribution is -0.146. The molecule has 302 valence electrons. The zero-order valence-electron chi connectivity index (χ0n) is 33.5. The van der Waals surface area contributed by atoms with Crippen LogP contribution in [-0.4, -0.2) is 90.1 Å². The van der Waals surface area contributed by atoms with Gasteiger partial charge in [-0.2, -0.15) is 0 Å². The lowest BCUT2D eigenvalue weighted by Crippen LogP contribution is -2.65. The molecule has 13 heteroatoms. The fourth-order valence-corrected chi connectivity index (χ4v) is 11.7. The molecular formula is C41H65N5O7S. The third-order valence-electron chi connectivity index (χ3n) is 14.3. The minimum Gasteiger partial charge on any atom is -0.344 e. The monoisotopic (exact) mass is 771 g/mol. The first kappa shape index (κ1) is 42.0. The van der Waals surface area contributed by atoms with E-state index in [4.69, 9.17) is 6.42 Å². The van der Waals surface area contributed by atoms with Crippen molar-refractivity contribution in [3.63, 3.8) is 0 Å². The van der Waals surface area contributed by atoms with Crippen LogP contribution in [0, 0.1) is 40.9 Å². The number of amides is 5. The lowest BCUT2D eigenvalue weighted by atomic mass is 9.70. The van der Waals surface area contributed by atoms with Crippen LogP contribution >= 0.6 is 0 Å². The molecule has 4 saturated carbocycles. The molecule has 5 amide bonds. The van der Waals surface area contributed by atoms with Gasteiger partial charge >= 0.3 is 6.03 Å². The average molecular weight is 772 g/mol. The molecule has 1 heterocycles. The van der Waals surface area contributed by atoms with E-state index in [9.17, 15) is 32.4 Å². The van der Waals surface area contributed by atoms with Gasteiger partial charge in [0.2, 0.25) is 17.6 Å². The van der Waals surface area contributed by atoms with E-state index in [0.717, 1.165) is 57.8 Å². The van der Waals surface area contributed by atoms with E-state index in [0.29, 0.717) is 45.1 Å². The molecule has 5 aliphatic rings. The largest absolute Gasteiger partial charge is 0.344 e. The van der Waals surface area contributed by atoms with Crippen LogP contribution in [0.5, 0.6) is 0 Å². The van der Waals surface area contributed by atoms with Gasteiger partial charge in [0.1, 0.15) is 12.1 Å². The maximum absolute atomic E-state index is 15.0. The Morgan fingerprint density at radius 2 is 1.52 bits per heavy atom. The van der Waals surface area contributed by atoms with E-state index in [1.165, 1.54) is 0 Å². The van der Waals surface area contributed by atoms with Crippen molar-refractivity contribution in [3.8, 4) is 12.3 Å².